The van der Waals surface area contributed by atoms with Crippen molar-refractivity contribution in [2.75, 3.05) is 0 Å². The molecule has 0 bridgehead atoms. The highest BCUT2D eigenvalue weighted by Gasteiger charge is 2.08. The number of unbranched alkanes of at least 4 members (excludes halogenated alkanes) is 5. The van der Waals surface area contributed by atoms with Gasteiger partial charge in [0.1, 0.15) is 18.3 Å². The van der Waals surface area contributed by atoms with Crippen molar-refractivity contribution in [3.63, 3.8) is 0 Å². The molecule has 3 heteroatoms. The van der Waals surface area contributed by atoms with Gasteiger partial charge in [-0.15, -0.1) is 0 Å². The normalized spacial score (nSPS) is 11.9. The van der Waals surface area contributed by atoms with Gasteiger partial charge < -0.3 is 4.74 Å². The van der Waals surface area contributed by atoms with E-state index in [4.69, 9.17) is 4.74 Å². The Kier molecular flexibility index (Phi) is 7.09. The maximum atomic E-state index is 5.98. The third-order valence-electron chi connectivity index (χ3n) is 4.90. The largest absolute Gasteiger partial charge is 0.463 e. The molecular formula is C24H30N2O. The van der Waals surface area contributed by atoms with Crippen molar-refractivity contribution in [2.45, 2.75) is 58.8 Å². The molecule has 2 aromatic carbocycles. The Labute approximate surface area is 162 Å². The van der Waals surface area contributed by atoms with Crippen LogP contribution in [0.2, 0.25) is 0 Å². The molecule has 1 heterocycles. The van der Waals surface area contributed by atoms with Crippen molar-refractivity contribution in [2.24, 2.45) is 0 Å². The van der Waals surface area contributed by atoms with Crippen LogP contribution in [0.25, 0.3) is 16.7 Å². The fraction of sp³-hybridized carbons (Fsp3) is 0.375. The molecule has 142 valence electrons. The molecule has 0 aliphatic carbocycles. The SMILES string of the molecule is CCCCCCCC/C(=C/Oc1ccc(C)cc1)n1cnc2ccccc21. The summed E-state index contributed by atoms with van der Waals surface area (Å²) in [6, 6.07) is 16.4. The number of nitrogens with zero attached hydrogens (tertiary/aromatic N) is 2. The van der Waals surface area contributed by atoms with Crippen molar-refractivity contribution in [3.05, 3.63) is 66.7 Å². The van der Waals surface area contributed by atoms with Gasteiger partial charge in [-0.1, -0.05) is 68.9 Å². The van der Waals surface area contributed by atoms with Crippen LogP contribution in [0.5, 0.6) is 5.75 Å². The molecule has 0 fully saturated rings. The maximum Gasteiger partial charge on any atom is 0.126 e. The molecule has 0 amide bonds. The number of hydrogen-bond donors (Lipinski definition) is 0. The maximum absolute atomic E-state index is 5.98. The van der Waals surface area contributed by atoms with Crippen LogP contribution in [0.15, 0.2) is 61.1 Å². The molecule has 1 aromatic heterocycles. The van der Waals surface area contributed by atoms with Gasteiger partial charge in [-0.3, -0.25) is 4.57 Å². The number of para-hydroxylation sites is 2. The average Bonchev–Trinajstić information content (AvgIpc) is 3.12. The Morgan fingerprint density at radius 3 is 2.52 bits per heavy atom. The lowest BCUT2D eigenvalue weighted by atomic mass is 10.1. The highest BCUT2D eigenvalue weighted by Crippen LogP contribution is 2.23. The number of fused-ring (bicyclic) bond motifs is 1. The van der Waals surface area contributed by atoms with Gasteiger partial charge in [0.05, 0.1) is 16.7 Å². The van der Waals surface area contributed by atoms with Crippen molar-refractivity contribution >= 4 is 16.7 Å². The summed E-state index contributed by atoms with van der Waals surface area (Å²) in [5.41, 5.74) is 4.53. The molecule has 0 atom stereocenters. The van der Waals surface area contributed by atoms with E-state index in [0.29, 0.717) is 0 Å². The molecule has 27 heavy (non-hydrogen) atoms. The molecule has 3 rings (SSSR count). The summed E-state index contributed by atoms with van der Waals surface area (Å²) in [5.74, 6) is 0.866. The van der Waals surface area contributed by atoms with Gasteiger partial charge in [0.2, 0.25) is 0 Å². The van der Waals surface area contributed by atoms with Crippen LogP contribution < -0.4 is 4.74 Å². The van der Waals surface area contributed by atoms with Gasteiger partial charge >= 0.3 is 0 Å². The van der Waals surface area contributed by atoms with Crippen molar-refractivity contribution in [3.8, 4) is 5.75 Å². The first-order valence-corrected chi connectivity index (χ1v) is 10.1. The molecule has 0 saturated carbocycles. The molecule has 0 aliphatic rings. The van der Waals surface area contributed by atoms with Crippen molar-refractivity contribution < 1.29 is 4.74 Å². The minimum Gasteiger partial charge on any atom is -0.463 e. The first-order chi connectivity index (χ1) is 13.3. The predicted molar refractivity (Wildman–Crippen MR) is 114 cm³/mol. The second-order valence-electron chi connectivity index (χ2n) is 7.16. The van der Waals surface area contributed by atoms with E-state index < -0.39 is 0 Å². The van der Waals surface area contributed by atoms with E-state index in [2.05, 4.69) is 53.7 Å². The van der Waals surface area contributed by atoms with E-state index in [9.17, 15) is 0 Å². The number of aryl methyl sites for hydroxylation is 1. The van der Waals surface area contributed by atoms with E-state index in [0.717, 1.165) is 28.9 Å². The lowest BCUT2D eigenvalue weighted by Crippen LogP contribution is -1.99. The van der Waals surface area contributed by atoms with Gasteiger partial charge in [-0.2, -0.15) is 0 Å². The summed E-state index contributed by atoms with van der Waals surface area (Å²) in [5, 5.41) is 0. The number of allylic oxidation sites excluding steroid dienone is 1. The second kappa shape index (κ2) is 9.96. The average molecular weight is 363 g/mol. The smallest absolute Gasteiger partial charge is 0.126 e. The van der Waals surface area contributed by atoms with Crippen LogP contribution in [-0.4, -0.2) is 9.55 Å². The number of benzene rings is 2. The Hall–Kier alpha value is -2.55. The number of aromatic nitrogens is 2. The Balaban J connectivity index is 1.73. The standard InChI is InChI=1S/C24H30N2O/c1-3-4-5-6-7-8-11-21(18-27-22-16-14-20(2)15-17-22)26-19-25-23-12-9-10-13-24(23)26/h9-10,12-19H,3-8,11H2,1-2H3/b21-18-. The quantitative estimate of drug-likeness (QED) is 0.287. The summed E-state index contributed by atoms with van der Waals surface area (Å²) >= 11 is 0. The predicted octanol–water partition coefficient (Wildman–Crippen LogP) is 6.97. The van der Waals surface area contributed by atoms with Crippen LogP contribution in [0, 0.1) is 6.92 Å². The topological polar surface area (TPSA) is 27.1 Å². The van der Waals surface area contributed by atoms with E-state index in [1.165, 1.54) is 44.1 Å². The molecule has 3 nitrogen and oxygen atoms in total. The van der Waals surface area contributed by atoms with Crippen molar-refractivity contribution in [1.82, 2.24) is 9.55 Å². The van der Waals surface area contributed by atoms with E-state index in [1.807, 2.05) is 30.8 Å². The van der Waals surface area contributed by atoms with E-state index in [1.54, 1.807) is 0 Å². The van der Waals surface area contributed by atoms with E-state index >= 15 is 0 Å². The molecule has 0 radical (unpaired) electrons. The molecule has 0 aliphatic heterocycles. The number of ether oxygens (including phenoxy) is 1. The second-order valence-corrected chi connectivity index (χ2v) is 7.16. The van der Waals surface area contributed by atoms with Gasteiger partial charge in [0.25, 0.3) is 0 Å². The molecular weight excluding hydrogens is 332 g/mol. The van der Waals surface area contributed by atoms with Crippen LogP contribution in [-0.2, 0) is 0 Å². The summed E-state index contributed by atoms with van der Waals surface area (Å²) < 4.78 is 8.14. The van der Waals surface area contributed by atoms with Gasteiger partial charge in [-0.05, 0) is 44.0 Å². The zero-order chi connectivity index (χ0) is 18.9. The molecule has 0 N–H and O–H groups in total. The minimum absolute atomic E-state index is 0.866. The first kappa shape index (κ1) is 19.2. The monoisotopic (exact) mass is 362 g/mol. The minimum atomic E-state index is 0.866. The highest BCUT2D eigenvalue weighted by molar-refractivity contribution is 5.78. The van der Waals surface area contributed by atoms with Crippen molar-refractivity contribution in [1.29, 1.82) is 0 Å². The zero-order valence-corrected chi connectivity index (χ0v) is 16.5. The van der Waals surface area contributed by atoms with Crippen LogP contribution in [0.1, 0.15) is 57.4 Å². The Morgan fingerprint density at radius 1 is 0.963 bits per heavy atom. The van der Waals surface area contributed by atoms with Crippen LogP contribution in [0.3, 0.4) is 0 Å². The lowest BCUT2D eigenvalue weighted by molar-refractivity contribution is 0.477. The summed E-state index contributed by atoms with van der Waals surface area (Å²) in [6.07, 6.45) is 12.5. The van der Waals surface area contributed by atoms with E-state index in [-0.39, 0.29) is 0 Å². The molecule has 3 aromatic rings. The first-order valence-electron chi connectivity index (χ1n) is 10.1. The lowest BCUT2D eigenvalue weighted by Gasteiger charge is -2.11. The summed E-state index contributed by atoms with van der Waals surface area (Å²) in [6.45, 7) is 4.34. The van der Waals surface area contributed by atoms with Crippen LogP contribution in [0.4, 0.5) is 0 Å². The number of imidazole rings is 1. The number of rotatable bonds is 10. The zero-order valence-electron chi connectivity index (χ0n) is 16.5. The third kappa shape index (κ3) is 5.46. The molecule has 0 saturated heterocycles. The fourth-order valence-electron chi connectivity index (χ4n) is 3.26. The molecule has 0 unspecified atom stereocenters. The van der Waals surface area contributed by atoms with Gasteiger partial charge in [-0.25, -0.2) is 4.98 Å². The summed E-state index contributed by atoms with van der Waals surface area (Å²) in [4.78, 5) is 4.54. The third-order valence-corrected chi connectivity index (χ3v) is 4.90. The molecule has 0 spiro atoms. The van der Waals surface area contributed by atoms with Crippen LogP contribution >= 0.6 is 0 Å². The summed E-state index contributed by atoms with van der Waals surface area (Å²) in [7, 11) is 0. The number of hydrogen-bond acceptors (Lipinski definition) is 2. The highest BCUT2D eigenvalue weighted by atomic mass is 16.5. The Morgan fingerprint density at radius 2 is 1.70 bits per heavy atom. The fourth-order valence-corrected chi connectivity index (χ4v) is 3.26. The van der Waals surface area contributed by atoms with Gasteiger partial charge in [0, 0.05) is 0 Å². The van der Waals surface area contributed by atoms with Gasteiger partial charge in [0.15, 0.2) is 0 Å². The Bertz CT molecular complexity index is 861.